The van der Waals surface area contributed by atoms with Gasteiger partial charge in [-0.2, -0.15) is 0 Å². The predicted molar refractivity (Wildman–Crippen MR) is 84.6 cm³/mol. The fourth-order valence-corrected chi connectivity index (χ4v) is 3.69. The van der Waals surface area contributed by atoms with Gasteiger partial charge in [0.25, 0.3) is 0 Å². The van der Waals surface area contributed by atoms with Crippen molar-refractivity contribution in [3.63, 3.8) is 0 Å². The maximum Gasteiger partial charge on any atom is 0.241 e. The third-order valence-electron chi connectivity index (χ3n) is 2.93. The van der Waals surface area contributed by atoms with Gasteiger partial charge in [-0.15, -0.1) is 0 Å². The summed E-state index contributed by atoms with van der Waals surface area (Å²) in [7, 11) is -0.0800. The molecule has 0 saturated heterocycles. The minimum Gasteiger partial charge on any atom is -0.392 e. The van der Waals surface area contributed by atoms with E-state index in [1.807, 2.05) is 11.9 Å². The molecular formula is C13H21BrN2O4S. The van der Waals surface area contributed by atoms with Crippen LogP contribution in [0.3, 0.4) is 0 Å². The molecule has 1 aromatic rings. The third-order valence-corrected chi connectivity index (χ3v) is 5.39. The van der Waals surface area contributed by atoms with Crippen LogP contribution in [0.4, 0.5) is 0 Å². The summed E-state index contributed by atoms with van der Waals surface area (Å²) in [6, 6.07) is 4.74. The molecule has 0 bridgehead atoms. The Morgan fingerprint density at radius 3 is 2.71 bits per heavy atom. The number of methoxy groups -OCH3 is 1. The van der Waals surface area contributed by atoms with Crippen molar-refractivity contribution in [2.45, 2.75) is 11.5 Å². The minimum atomic E-state index is -3.61. The zero-order chi connectivity index (χ0) is 15.9. The van der Waals surface area contributed by atoms with Crippen molar-refractivity contribution in [1.29, 1.82) is 0 Å². The van der Waals surface area contributed by atoms with Gasteiger partial charge >= 0.3 is 0 Å². The van der Waals surface area contributed by atoms with Crippen molar-refractivity contribution >= 4 is 26.0 Å². The lowest BCUT2D eigenvalue weighted by Gasteiger charge is -2.16. The van der Waals surface area contributed by atoms with Gasteiger partial charge in [0.15, 0.2) is 0 Å². The second-order valence-electron chi connectivity index (χ2n) is 4.62. The number of rotatable bonds is 9. The lowest BCUT2D eigenvalue weighted by atomic mass is 10.2. The van der Waals surface area contributed by atoms with Crippen LogP contribution in [0.15, 0.2) is 27.6 Å². The zero-order valence-corrected chi connectivity index (χ0v) is 14.6. The molecule has 8 heteroatoms. The molecule has 0 aromatic heterocycles. The smallest absolute Gasteiger partial charge is 0.241 e. The Kier molecular flexibility index (Phi) is 7.78. The molecule has 0 heterocycles. The van der Waals surface area contributed by atoms with Gasteiger partial charge in [0, 0.05) is 31.2 Å². The van der Waals surface area contributed by atoms with Gasteiger partial charge in [0.05, 0.1) is 18.1 Å². The summed E-state index contributed by atoms with van der Waals surface area (Å²) in [5, 5.41) is 9.10. The summed E-state index contributed by atoms with van der Waals surface area (Å²) < 4.78 is 32.5. The summed E-state index contributed by atoms with van der Waals surface area (Å²) in [4.78, 5) is 2.11. The molecule has 6 nitrogen and oxygen atoms in total. The van der Waals surface area contributed by atoms with Crippen LogP contribution in [-0.4, -0.2) is 58.8 Å². The Labute approximate surface area is 134 Å². The second-order valence-corrected chi connectivity index (χ2v) is 7.21. The van der Waals surface area contributed by atoms with E-state index in [-0.39, 0.29) is 11.5 Å². The molecule has 0 fully saturated rings. The zero-order valence-electron chi connectivity index (χ0n) is 12.2. The number of aliphatic hydroxyl groups is 1. The quantitative estimate of drug-likeness (QED) is 0.662. The molecule has 0 amide bonds. The molecule has 2 N–H and O–H groups in total. The van der Waals surface area contributed by atoms with Crippen LogP contribution >= 0.6 is 15.9 Å². The average Bonchev–Trinajstić information content (AvgIpc) is 2.45. The number of ether oxygens (including phenoxy) is 1. The average molecular weight is 381 g/mol. The Bertz CT molecular complexity index is 551. The fraction of sp³-hybridized carbons (Fsp3) is 0.538. The molecule has 0 unspecified atom stereocenters. The lowest BCUT2D eigenvalue weighted by molar-refractivity contribution is 0.162. The normalized spacial score (nSPS) is 12.0. The number of hydrogen-bond donors (Lipinski definition) is 2. The number of nitrogens with zero attached hydrogens (tertiary/aromatic N) is 1. The molecule has 0 atom stereocenters. The van der Waals surface area contributed by atoms with Crippen LogP contribution in [0, 0.1) is 0 Å². The first-order chi connectivity index (χ1) is 9.90. The monoisotopic (exact) mass is 380 g/mol. The number of hydrogen-bond acceptors (Lipinski definition) is 5. The van der Waals surface area contributed by atoms with E-state index < -0.39 is 10.0 Å². The van der Waals surface area contributed by atoms with Crippen LogP contribution in [0.1, 0.15) is 5.56 Å². The lowest BCUT2D eigenvalue weighted by Crippen LogP contribution is -2.34. The number of nitrogens with one attached hydrogen (secondary N) is 1. The summed E-state index contributed by atoms with van der Waals surface area (Å²) in [6.07, 6.45) is 0. The van der Waals surface area contributed by atoms with Gasteiger partial charge in [-0.1, -0.05) is 6.07 Å². The molecule has 0 saturated carbocycles. The highest BCUT2D eigenvalue weighted by Crippen LogP contribution is 2.23. The SMILES string of the molecule is COCCN(C)CCNS(=O)(=O)c1cc(CO)ccc1Br. The largest absolute Gasteiger partial charge is 0.392 e. The topological polar surface area (TPSA) is 78.9 Å². The van der Waals surface area contributed by atoms with Crippen LogP contribution in [0.2, 0.25) is 0 Å². The summed E-state index contributed by atoms with van der Waals surface area (Å²) in [5.74, 6) is 0. The number of likely N-dealkylation sites (N-methyl/N-ethyl adjacent to an activating group) is 1. The third kappa shape index (κ3) is 6.01. The highest BCUT2D eigenvalue weighted by molar-refractivity contribution is 9.10. The van der Waals surface area contributed by atoms with Crippen molar-refractivity contribution in [2.75, 3.05) is 40.4 Å². The van der Waals surface area contributed by atoms with Crippen molar-refractivity contribution in [2.24, 2.45) is 0 Å². The van der Waals surface area contributed by atoms with Gasteiger partial charge in [-0.3, -0.25) is 0 Å². The Hall–Kier alpha value is -0.510. The number of aliphatic hydroxyl groups excluding tert-OH is 1. The Morgan fingerprint density at radius 1 is 1.38 bits per heavy atom. The van der Waals surface area contributed by atoms with Crippen LogP contribution in [0.25, 0.3) is 0 Å². The van der Waals surface area contributed by atoms with E-state index in [4.69, 9.17) is 9.84 Å². The maximum atomic E-state index is 12.3. The van der Waals surface area contributed by atoms with Crippen LogP contribution < -0.4 is 4.72 Å². The molecule has 1 rings (SSSR count). The van der Waals surface area contributed by atoms with Gasteiger partial charge in [0.1, 0.15) is 0 Å². The van der Waals surface area contributed by atoms with E-state index in [9.17, 15) is 8.42 Å². The summed E-state index contributed by atoms with van der Waals surface area (Å²) in [5.41, 5.74) is 0.552. The Balaban J connectivity index is 2.65. The van der Waals surface area contributed by atoms with Gasteiger partial charge < -0.3 is 14.7 Å². The van der Waals surface area contributed by atoms with Gasteiger partial charge in [-0.25, -0.2) is 13.1 Å². The highest BCUT2D eigenvalue weighted by atomic mass is 79.9. The Morgan fingerprint density at radius 2 is 2.10 bits per heavy atom. The molecule has 0 spiro atoms. The summed E-state index contributed by atoms with van der Waals surface area (Å²) >= 11 is 3.22. The van der Waals surface area contributed by atoms with Crippen molar-refractivity contribution in [3.05, 3.63) is 28.2 Å². The van der Waals surface area contributed by atoms with Gasteiger partial charge in [-0.05, 0) is 40.7 Å². The number of benzene rings is 1. The molecule has 0 radical (unpaired) electrons. The fourth-order valence-electron chi connectivity index (χ4n) is 1.66. The van der Waals surface area contributed by atoms with Crippen molar-refractivity contribution < 1.29 is 18.3 Å². The van der Waals surface area contributed by atoms with Crippen LogP contribution in [-0.2, 0) is 21.4 Å². The summed E-state index contributed by atoms with van der Waals surface area (Å²) in [6.45, 7) is 2.03. The molecule has 21 heavy (non-hydrogen) atoms. The van der Waals surface area contributed by atoms with E-state index >= 15 is 0 Å². The van der Waals surface area contributed by atoms with Crippen LogP contribution in [0.5, 0.6) is 0 Å². The number of sulfonamides is 1. The van der Waals surface area contributed by atoms with Crippen molar-refractivity contribution in [3.8, 4) is 0 Å². The van der Waals surface area contributed by atoms with E-state index in [2.05, 4.69) is 20.7 Å². The first-order valence-corrected chi connectivity index (χ1v) is 8.74. The molecule has 120 valence electrons. The first kappa shape index (κ1) is 18.5. The second kappa shape index (κ2) is 8.82. The van der Waals surface area contributed by atoms with Gasteiger partial charge in [0.2, 0.25) is 10.0 Å². The molecule has 0 aliphatic rings. The first-order valence-electron chi connectivity index (χ1n) is 6.47. The number of halogens is 1. The predicted octanol–water partition coefficient (Wildman–Crippen LogP) is 0.798. The highest BCUT2D eigenvalue weighted by Gasteiger charge is 2.17. The molecular weight excluding hydrogens is 360 g/mol. The minimum absolute atomic E-state index is 0.133. The van der Waals surface area contributed by atoms with E-state index in [0.717, 1.165) is 6.54 Å². The molecule has 1 aromatic carbocycles. The van der Waals surface area contributed by atoms with E-state index in [1.54, 1.807) is 19.2 Å². The van der Waals surface area contributed by atoms with E-state index in [1.165, 1.54) is 6.07 Å². The maximum absolute atomic E-state index is 12.3. The van der Waals surface area contributed by atoms with Crippen molar-refractivity contribution in [1.82, 2.24) is 9.62 Å². The molecule has 0 aliphatic heterocycles. The standard InChI is InChI=1S/C13H21BrN2O4S/c1-16(7-8-20-2)6-5-15-21(18,19)13-9-11(10-17)3-4-12(13)14/h3-4,9,15,17H,5-8,10H2,1-2H3. The molecule has 0 aliphatic carbocycles. The van der Waals surface area contributed by atoms with E-state index in [0.29, 0.717) is 29.7 Å².